The zero-order chi connectivity index (χ0) is 15.4. The lowest BCUT2D eigenvalue weighted by molar-refractivity contribution is 0.102. The van der Waals surface area contributed by atoms with Gasteiger partial charge in [-0.1, -0.05) is 18.2 Å². The predicted octanol–water partition coefficient (Wildman–Crippen LogP) is 2.89. The van der Waals surface area contributed by atoms with E-state index in [1.54, 1.807) is 12.1 Å². The molecule has 0 unspecified atom stereocenters. The van der Waals surface area contributed by atoms with Crippen LogP contribution in [-0.2, 0) is 6.54 Å². The number of anilines is 2. The average molecular weight is 283 g/mol. The van der Waals surface area contributed by atoms with E-state index in [1.807, 2.05) is 51.4 Å². The van der Waals surface area contributed by atoms with Gasteiger partial charge < -0.3 is 16.0 Å². The van der Waals surface area contributed by atoms with Crippen molar-refractivity contribution in [3.05, 3.63) is 59.2 Å². The molecule has 0 radical (unpaired) electrons. The molecule has 3 N–H and O–H groups in total. The highest BCUT2D eigenvalue weighted by molar-refractivity contribution is 6.04. The van der Waals surface area contributed by atoms with Crippen LogP contribution in [-0.4, -0.2) is 24.9 Å². The van der Waals surface area contributed by atoms with Crippen LogP contribution in [0.25, 0.3) is 0 Å². The van der Waals surface area contributed by atoms with Crippen molar-refractivity contribution in [3.63, 3.8) is 0 Å². The van der Waals surface area contributed by atoms with Gasteiger partial charge >= 0.3 is 0 Å². The van der Waals surface area contributed by atoms with Gasteiger partial charge in [0.05, 0.1) is 0 Å². The Balaban J connectivity index is 2.06. The second-order valence-corrected chi connectivity index (χ2v) is 5.46. The fourth-order valence-corrected chi connectivity index (χ4v) is 2.04. The van der Waals surface area contributed by atoms with Gasteiger partial charge in [0.2, 0.25) is 0 Å². The Bertz CT molecular complexity index is 633. The predicted molar refractivity (Wildman–Crippen MR) is 87.4 cm³/mol. The number of benzene rings is 2. The van der Waals surface area contributed by atoms with Crippen LogP contribution >= 0.6 is 0 Å². The van der Waals surface area contributed by atoms with Crippen LogP contribution in [0, 0.1) is 6.92 Å². The van der Waals surface area contributed by atoms with Gasteiger partial charge in [-0.25, -0.2) is 0 Å². The summed E-state index contributed by atoms with van der Waals surface area (Å²) in [5.74, 6) is -0.151. The molecule has 4 heteroatoms. The molecule has 0 aliphatic heterocycles. The number of aryl methyl sites for hydroxylation is 1. The van der Waals surface area contributed by atoms with Gasteiger partial charge in [0.1, 0.15) is 0 Å². The molecule has 0 aliphatic rings. The maximum Gasteiger partial charge on any atom is 0.255 e. The zero-order valence-corrected chi connectivity index (χ0v) is 12.7. The van der Waals surface area contributed by atoms with Crippen molar-refractivity contribution in [1.29, 1.82) is 0 Å². The molecule has 2 aromatic carbocycles. The van der Waals surface area contributed by atoms with Gasteiger partial charge in [-0.2, -0.15) is 0 Å². The van der Waals surface area contributed by atoms with Crippen LogP contribution in [0.3, 0.4) is 0 Å². The molecule has 1 amide bonds. The van der Waals surface area contributed by atoms with Gasteiger partial charge in [-0.05, 0) is 56.4 Å². The smallest absolute Gasteiger partial charge is 0.255 e. The number of nitrogens with zero attached hydrogens (tertiary/aromatic N) is 1. The Morgan fingerprint density at radius 3 is 2.38 bits per heavy atom. The summed E-state index contributed by atoms with van der Waals surface area (Å²) in [5.41, 5.74) is 9.98. The first-order chi connectivity index (χ1) is 9.95. The van der Waals surface area contributed by atoms with Crippen molar-refractivity contribution in [2.24, 2.45) is 0 Å². The number of carbonyl (C=O) groups excluding carboxylic acids is 1. The maximum atomic E-state index is 12.2. The summed E-state index contributed by atoms with van der Waals surface area (Å²) >= 11 is 0. The van der Waals surface area contributed by atoms with Gasteiger partial charge in [0.25, 0.3) is 5.91 Å². The average Bonchev–Trinajstić information content (AvgIpc) is 2.43. The Labute approximate surface area is 125 Å². The molecule has 0 saturated carbocycles. The molecular formula is C17H21N3O. The summed E-state index contributed by atoms with van der Waals surface area (Å²) in [7, 11) is 4.05. The molecule has 110 valence electrons. The Hall–Kier alpha value is -2.33. The minimum absolute atomic E-state index is 0.151. The normalized spacial score (nSPS) is 10.7. The first-order valence-electron chi connectivity index (χ1n) is 6.87. The molecule has 4 nitrogen and oxygen atoms in total. The van der Waals surface area contributed by atoms with Crippen LogP contribution in [0.4, 0.5) is 11.4 Å². The van der Waals surface area contributed by atoms with E-state index in [-0.39, 0.29) is 5.91 Å². The summed E-state index contributed by atoms with van der Waals surface area (Å²) in [4.78, 5) is 14.3. The van der Waals surface area contributed by atoms with Crippen molar-refractivity contribution in [2.75, 3.05) is 25.1 Å². The highest BCUT2D eigenvalue weighted by Crippen LogP contribution is 2.16. The maximum absolute atomic E-state index is 12.2. The van der Waals surface area contributed by atoms with Crippen LogP contribution in [0.5, 0.6) is 0 Å². The molecule has 0 saturated heterocycles. The van der Waals surface area contributed by atoms with Crippen LogP contribution < -0.4 is 11.1 Å². The van der Waals surface area contributed by atoms with Crippen molar-refractivity contribution in [3.8, 4) is 0 Å². The molecule has 0 heterocycles. The second-order valence-electron chi connectivity index (χ2n) is 5.46. The summed E-state index contributed by atoms with van der Waals surface area (Å²) in [5, 5.41) is 2.88. The molecule has 0 atom stereocenters. The Kier molecular flexibility index (Phi) is 4.60. The fraction of sp³-hybridized carbons (Fsp3) is 0.235. The van der Waals surface area contributed by atoms with Gasteiger partial charge in [-0.3, -0.25) is 4.79 Å². The Morgan fingerprint density at radius 1 is 1.14 bits per heavy atom. The zero-order valence-electron chi connectivity index (χ0n) is 12.7. The standard InChI is InChI=1S/C17H21N3O/c1-12-4-7-14(10-16(12)18)17(21)19-15-8-5-13(6-9-15)11-20(2)3/h4-10H,11,18H2,1-3H3,(H,19,21). The summed E-state index contributed by atoms with van der Waals surface area (Å²) in [6.07, 6.45) is 0. The number of amides is 1. The Morgan fingerprint density at radius 2 is 1.81 bits per heavy atom. The van der Waals surface area contributed by atoms with Crippen molar-refractivity contribution in [2.45, 2.75) is 13.5 Å². The van der Waals surface area contributed by atoms with E-state index in [1.165, 1.54) is 5.56 Å². The van der Waals surface area contributed by atoms with Crippen molar-refractivity contribution >= 4 is 17.3 Å². The number of hydrogen-bond donors (Lipinski definition) is 2. The van der Waals surface area contributed by atoms with E-state index in [4.69, 9.17) is 5.73 Å². The molecule has 21 heavy (non-hydrogen) atoms. The minimum Gasteiger partial charge on any atom is -0.398 e. The first kappa shape index (κ1) is 15.1. The molecule has 0 aliphatic carbocycles. The molecule has 2 rings (SSSR count). The van der Waals surface area contributed by atoms with Gasteiger partial charge in [0.15, 0.2) is 0 Å². The van der Waals surface area contributed by atoms with E-state index < -0.39 is 0 Å². The highest BCUT2D eigenvalue weighted by atomic mass is 16.1. The minimum atomic E-state index is -0.151. The van der Waals surface area contributed by atoms with Crippen molar-refractivity contribution < 1.29 is 4.79 Å². The van der Waals surface area contributed by atoms with E-state index in [0.29, 0.717) is 11.3 Å². The third kappa shape index (κ3) is 4.07. The summed E-state index contributed by atoms with van der Waals surface area (Å²) in [6.45, 7) is 2.79. The highest BCUT2D eigenvalue weighted by Gasteiger charge is 2.07. The third-order valence-electron chi connectivity index (χ3n) is 3.25. The van der Waals surface area contributed by atoms with Crippen LogP contribution in [0.1, 0.15) is 21.5 Å². The molecule has 0 spiro atoms. The molecule has 0 fully saturated rings. The molecule has 0 bridgehead atoms. The number of carbonyl (C=O) groups is 1. The van der Waals surface area contributed by atoms with E-state index in [2.05, 4.69) is 10.2 Å². The number of hydrogen-bond acceptors (Lipinski definition) is 3. The largest absolute Gasteiger partial charge is 0.398 e. The number of nitrogen functional groups attached to an aromatic ring is 1. The lowest BCUT2D eigenvalue weighted by atomic mass is 10.1. The lowest BCUT2D eigenvalue weighted by Gasteiger charge is -2.11. The fourth-order valence-electron chi connectivity index (χ4n) is 2.04. The van der Waals surface area contributed by atoms with Crippen LogP contribution in [0.2, 0.25) is 0 Å². The lowest BCUT2D eigenvalue weighted by Crippen LogP contribution is -2.13. The number of rotatable bonds is 4. The third-order valence-corrected chi connectivity index (χ3v) is 3.25. The van der Waals surface area contributed by atoms with E-state index >= 15 is 0 Å². The van der Waals surface area contributed by atoms with Crippen molar-refractivity contribution in [1.82, 2.24) is 4.90 Å². The van der Waals surface area contributed by atoms with Crippen LogP contribution in [0.15, 0.2) is 42.5 Å². The second kappa shape index (κ2) is 6.41. The summed E-state index contributed by atoms with van der Waals surface area (Å²) in [6, 6.07) is 13.2. The van der Waals surface area contributed by atoms with E-state index in [9.17, 15) is 4.79 Å². The first-order valence-corrected chi connectivity index (χ1v) is 6.87. The SMILES string of the molecule is Cc1ccc(C(=O)Nc2ccc(CN(C)C)cc2)cc1N. The molecule has 0 aromatic heterocycles. The topological polar surface area (TPSA) is 58.4 Å². The van der Waals surface area contributed by atoms with Gasteiger partial charge in [-0.15, -0.1) is 0 Å². The molecule has 2 aromatic rings. The monoisotopic (exact) mass is 283 g/mol. The van der Waals surface area contributed by atoms with E-state index in [0.717, 1.165) is 17.8 Å². The summed E-state index contributed by atoms with van der Waals surface area (Å²) < 4.78 is 0. The van der Waals surface area contributed by atoms with Gasteiger partial charge in [0, 0.05) is 23.5 Å². The quantitative estimate of drug-likeness (QED) is 0.848. The molecular weight excluding hydrogens is 262 g/mol. The number of nitrogens with two attached hydrogens (primary N) is 1. The number of nitrogens with one attached hydrogen (secondary N) is 1.